The predicted molar refractivity (Wildman–Crippen MR) is 94.1 cm³/mol. The van der Waals surface area contributed by atoms with E-state index < -0.39 is 15.7 Å². The van der Waals surface area contributed by atoms with Crippen LogP contribution < -0.4 is 4.90 Å². The van der Waals surface area contributed by atoms with Crippen LogP contribution in [0.25, 0.3) is 0 Å². The van der Waals surface area contributed by atoms with Gasteiger partial charge in [0.2, 0.25) is 0 Å². The topological polar surface area (TPSA) is 57.7 Å². The summed E-state index contributed by atoms with van der Waals surface area (Å²) in [5.74, 6) is -0.598. The van der Waals surface area contributed by atoms with Gasteiger partial charge in [-0.2, -0.15) is 0 Å². The first-order chi connectivity index (χ1) is 11.9. The molecule has 3 rings (SSSR count). The van der Waals surface area contributed by atoms with Crippen LogP contribution in [0.3, 0.4) is 0 Å². The molecule has 0 aromatic heterocycles. The monoisotopic (exact) mass is 362 g/mol. The molecule has 0 saturated carbocycles. The number of carbonyl (C=O) groups is 1. The van der Waals surface area contributed by atoms with Gasteiger partial charge in [0, 0.05) is 38.0 Å². The molecule has 25 heavy (non-hydrogen) atoms. The van der Waals surface area contributed by atoms with Crippen molar-refractivity contribution in [3.05, 3.63) is 59.9 Å². The lowest BCUT2D eigenvalue weighted by atomic mass is 10.1. The molecule has 0 atom stereocenters. The highest BCUT2D eigenvalue weighted by molar-refractivity contribution is 7.90. The van der Waals surface area contributed by atoms with Crippen LogP contribution in [0.15, 0.2) is 53.4 Å². The standard InChI is InChI=1S/C18H19FN2O3S/c1-25(23,24)15-7-8-17(16(19)13-15)20-9-11-21(12-10-20)18(22)14-5-3-2-4-6-14/h2-8,13H,9-12H2,1H3. The number of carbonyl (C=O) groups excluding carboxylic acids is 1. The van der Waals surface area contributed by atoms with Gasteiger partial charge in [0.25, 0.3) is 5.91 Å². The van der Waals surface area contributed by atoms with Crippen molar-refractivity contribution in [2.75, 3.05) is 37.3 Å². The molecule has 1 saturated heterocycles. The molecule has 1 fully saturated rings. The Hall–Kier alpha value is -2.41. The van der Waals surface area contributed by atoms with Crippen molar-refractivity contribution in [3.8, 4) is 0 Å². The van der Waals surface area contributed by atoms with Gasteiger partial charge in [0.05, 0.1) is 10.6 Å². The van der Waals surface area contributed by atoms with Gasteiger partial charge in [-0.15, -0.1) is 0 Å². The molecule has 132 valence electrons. The van der Waals surface area contributed by atoms with Crippen LogP contribution >= 0.6 is 0 Å². The molecule has 0 N–H and O–H groups in total. The average molecular weight is 362 g/mol. The predicted octanol–water partition coefficient (Wildman–Crippen LogP) is 2.19. The molecule has 1 aliphatic rings. The van der Waals surface area contributed by atoms with Crippen molar-refractivity contribution in [1.29, 1.82) is 0 Å². The molecule has 0 unspecified atom stereocenters. The molecule has 1 amide bonds. The Kier molecular flexibility index (Phi) is 4.76. The molecule has 5 nitrogen and oxygen atoms in total. The van der Waals surface area contributed by atoms with Crippen molar-refractivity contribution in [2.45, 2.75) is 4.90 Å². The van der Waals surface area contributed by atoms with Crippen molar-refractivity contribution >= 4 is 21.4 Å². The highest BCUT2D eigenvalue weighted by atomic mass is 32.2. The van der Waals surface area contributed by atoms with Gasteiger partial charge in [0.15, 0.2) is 9.84 Å². The van der Waals surface area contributed by atoms with E-state index in [1.165, 1.54) is 12.1 Å². The lowest BCUT2D eigenvalue weighted by molar-refractivity contribution is 0.0746. The minimum absolute atomic E-state index is 0.0341. The minimum atomic E-state index is -3.43. The van der Waals surface area contributed by atoms with Gasteiger partial charge >= 0.3 is 0 Å². The van der Waals surface area contributed by atoms with E-state index in [1.54, 1.807) is 17.0 Å². The van der Waals surface area contributed by atoms with Crippen LogP contribution in [0.5, 0.6) is 0 Å². The van der Waals surface area contributed by atoms with E-state index in [1.807, 2.05) is 23.1 Å². The first-order valence-corrected chi connectivity index (χ1v) is 9.84. The summed E-state index contributed by atoms with van der Waals surface area (Å²) >= 11 is 0. The maximum atomic E-state index is 14.3. The van der Waals surface area contributed by atoms with Crippen LogP contribution in [-0.2, 0) is 9.84 Å². The van der Waals surface area contributed by atoms with E-state index in [-0.39, 0.29) is 10.8 Å². The van der Waals surface area contributed by atoms with Gasteiger partial charge in [-0.1, -0.05) is 18.2 Å². The Labute approximate surface area is 146 Å². The summed E-state index contributed by atoms with van der Waals surface area (Å²) in [7, 11) is -3.43. The molecule has 1 aliphatic heterocycles. The molecule has 1 heterocycles. The second kappa shape index (κ2) is 6.84. The third-order valence-corrected chi connectivity index (χ3v) is 5.39. The maximum Gasteiger partial charge on any atom is 0.253 e. The summed E-state index contributed by atoms with van der Waals surface area (Å²) < 4.78 is 37.3. The quantitative estimate of drug-likeness (QED) is 0.840. The lowest BCUT2D eigenvalue weighted by Crippen LogP contribution is -2.49. The molecule has 0 bridgehead atoms. The Morgan fingerprint density at radius 3 is 2.20 bits per heavy atom. The van der Waals surface area contributed by atoms with Crippen molar-refractivity contribution in [3.63, 3.8) is 0 Å². The summed E-state index contributed by atoms with van der Waals surface area (Å²) in [5.41, 5.74) is 0.999. The second-order valence-electron chi connectivity index (χ2n) is 6.03. The molecule has 2 aromatic rings. The van der Waals surface area contributed by atoms with Crippen molar-refractivity contribution < 1.29 is 17.6 Å². The SMILES string of the molecule is CS(=O)(=O)c1ccc(N2CCN(C(=O)c3ccccc3)CC2)c(F)c1. The number of piperazine rings is 1. The Morgan fingerprint density at radius 2 is 1.64 bits per heavy atom. The number of halogens is 1. The molecule has 0 aliphatic carbocycles. The maximum absolute atomic E-state index is 14.3. The zero-order valence-corrected chi connectivity index (χ0v) is 14.7. The van der Waals surface area contributed by atoms with Gasteiger partial charge < -0.3 is 9.80 Å². The van der Waals surface area contributed by atoms with Gasteiger partial charge in [0.1, 0.15) is 5.82 Å². The van der Waals surface area contributed by atoms with Crippen molar-refractivity contribution in [1.82, 2.24) is 4.90 Å². The van der Waals surface area contributed by atoms with Gasteiger partial charge in [-0.3, -0.25) is 4.79 Å². The first-order valence-electron chi connectivity index (χ1n) is 7.95. The van der Waals surface area contributed by atoms with E-state index in [2.05, 4.69) is 0 Å². The van der Waals surface area contributed by atoms with Crippen LogP contribution in [0, 0.1) is 5.82 Å². The normalized spacial score (nSPS) is 15.3. The molecular formula is C18H19FN2O3S. The van der Waals surface area contributed by atoms with Crippen LogP contribution in [0.4, 0.5) is 10.1 Å². The largest absolute Gasteiger partial charge is 0.366 e. The zero-order chi connectivity index (χ0) is 18.0. The number of amides is 1. The number of hydrogen-bond acceptors (Lipinski definition) is 4. The summed E-state index contributed by atoms with van der Waals surface area (Å²) in [6, 6.07) is 13.0. The highest BCUT2D eigenvalue weighted by Crippen LogP contribution is 2.24. The zero-order valence-electron chi connectivity index (χ0n) is 13.9. The number of sulfone groups is 1. The number of rotatable bonds is 3. The summed E-state index contributed by atoms with van der Waals surface area (Å²) in [6.45, 7) is 1.96. The fraction of sp³-hybridized carbons (Fsp3) is 0.278. The number of benzene rings is 2. The number of anilines is 1. The van der Waals surface area contributed by atoms with Crippen LogP contribution in [-0.4, -0.2) is 51.7 Å². The fourth-order valence-electron chi connectivity index (χ4n) is 2.89. The third-order valence-electron chi connectivity index (χ3n) is 4.28. The van der Waals surface area contributed by atoms with Crippen LogP contribution in [0.2, 0.25) is 0 Å². The summed E-state index contributed by atoms with van der Waals surface area (Å²) in [4.78, 5) is 16.0. The number of nitrogens with zero attached hydrogens (tertiary/aromatic N) is 2. The molecule has 7 heteroatoms. The fourth-order valence-corrected chi connectivity index (χ4v) is 3.52. The van der Waals surface area contributed by atoms with Crippen molar-refractivity contribution in [2.24, 2.45) is 0 Å². The summed E-state index contributed by atoms with van der Waals surface area (Å²) in [5, 5.41) is 0. The summed E-state index contributed by atoms with van der Waals surface area (Å²) in [6.07, 6.45) is 1.05. The number of hydrogen-bond donors (Lipinski definition) is 0. The second-order valence-corrected chi connectivity index (χ2v) is 8.05. The van der Waals surface area contributed by atoms with E-state index >= 15 is 0 Å². The minimum Gasteiger partial charge on any atom is -0.366 e. The first kappa shape index (κ1) is 17.4. The average Bonchev–Trinajstić information content (AvgIpc) is 2.61. The van der Waals surface area contributed by atoms with E-state index in [9.17, 15) is 17.6 Å². The van der Waals surface area contributed by atoms with E-state index in [0.29, 0.717) is 37.4 Å². The molecule has 0 radical (unpaired) electrons. The van der Waals surface area contributed by atoms with E-state index in [4.69, 9.17) is 0 Å². The molecular weight excluding hydrogens is 343 g/mol. The lowest BCUT2D eigenvalue weighted by Gasteiger charge is -2.36. The van der Waals surface area contributed by atoms with Crippen LogP contribution in [0.1, 0.15) is 10.4 Å². The Bertz CT molecular complexity index is 876. The Balaban J connectivity index is 1.69. The van der Waals surface area contributed by atoms with E-state index in [0.717, 1.165) is 12.3 Å². The smallest absolute Gasteiger partial charge is 0.253 e. The highest BCUT2D eigenvalue weighted by Gasteiger charge is 2.24. The Morgan fingerprint density at radius 1 is 1.00 bits per heavy atom. The molecule has 0 spiro atoms. The van der Waals surface area contributed by atoms with Gasteiger partial charge in [-0.05, 0) is 30.3 Å². The van der Waals surface area contributed by atoms with Gasteiger partial charge in [-0.25, -0.2) is 12.8 Å². The molecule has 2 aromatic carbocycles. The third kappa shape index (κ3) is 3.82.